The first-order chi connectivity index (χ1) is 17.2. The van der Waals surface area contributed by atoms with E-state index in [0.29, 0.717) is 0 Å². The molecule has 4 aromatic carbocycles. The van der Waals surface area contributed by atoms with Crippen molar-refractivity contribution in [1.82, 2.24) is 0 Å². The van der Waals surface area contributed by atoms with Crippen molar-refractivity contribution >= 4 is 59.5 Å². The molecule has 0 N–H and O–H groups in total. The molecule has 0 saturated heterocycles. The predicted octanol–water partition coefficient (Wildman–Crippen LogP) is 6.24. The van der Waals surface area contributed by atoms with Crippen molar-refractivity contribution in [3.05, 3.63) is 102 Å². The molecule has 1 atom stereocenters. The normalized spacial score (nSPS) is 17.1. The fourth-order valence-electron chi connectivity index (χ4n) is 6.25. The Labute approximate surface area is 229 Å². The van der Waals surface area contributed by atoms with E-state index in [1.807, 2.05) is 0 Å². The number of rotatable bonds is 4. The summed E-state index contributed by atoms with van der Waals surface area (Å²) < 4.78 is 1.43. The average molecular weight is 621 g/mol. The van der Waals surface area contributed by atoms with Crippen LogP contribution in [0.5, 0.6) is 0 Å². The van der Waals surface area contributed by atoms with Crippen molar-refractivity contribution in [2.45, 2.75) is 30.2 Å². The van der Waals surface area contributed by atoms with Gasteiger partial charge in [0, 0.05) is 0 Å². The fraction of sp³-hybridized carbons (Fsp3) is 0.161. The maximum absolute atomic E-state index is 7.71. The van der Waals surface area contributed by atoms with E-state index in [0.717, 1.165) is 0 Å². The van der Waals surface area contributed by atoms with Crippen molar-refractivity contribution < 1.29 is 17.9 Å². The zero-order valence-electron chi connectivity index (χ0n) is 21.2. The molecule has 0 nitrogen and oxygen atoms in total. The molecule has 5 heteroatoms. The molecule has 0 amide bonds. The topological polar surface area (TPSA) is 0 Å². The second-order valence-electron chi connectivity index (χ2n) is 11.2. The van der Waals surface area contributed by atoms with E-state index in [-0.39, 0.29) is 3.63 Å². The third-order valence-electron chi connectivity index (χ3n) is 7.86. The average Bonchev–Trinajstić information content (AvgIpc) is 3.40. The number of fused-ring (bicyclic) bond motifs is 4. The van der Waals surface area contributed by atoms with Crippen LogP contribution in [0.4, 0.5) is 0 Å². The molecule has 180 valence electrons. The fourth-order valence-corrected chi connectivity index (χ4v) is 25.0. The number of hydrogen-bond acceptors (Lipinski definition) is 0. The Balaban J connectivity index is 1.53. The maximum atomic E-state index is 7.71. The van der Waals surface area contributed by atoms with Gasteiger partial charge >= 0.3 is 231 Å². The van der Waals surface area contributed by atoms with E-state index in [4.69, 9.17) is 17.0 Å². The Morgan fingerprint density at radius 3 is 2.22 bits per heavy atom. The van der Waals surface area contributed by atoms with Crippen molar-refractivity contribution in [2.75, 3.05) is 0 Å². The third-order valence-corrected chi connectivity index (χ3v) is 24.4. The second kappa shape index (κ2) is 9.07. The summed E-state index contributed by atoms with van der Waals surface area (Å²) in [5.74, 6) is 0. The quantitative estimate of drug-likeness (QED) is 0.209. The molecule has 1 unspecified atom stereocenters. The van der Waals surface area contributed by atoms with Crippen LogP contribution in [0.1, 0.15) is 21.7 Å². The van der Waals surface area contributed by atoms with Crippen molar-refractivity contribution in [1.29, 1.82) is 0 Å². The Hall–Kier alpha value is -1.48. The molecule has 1 aliphatic carbocycles. The predicted molar refractivity (Wildman–Crippen MR) is 162 cm³/mol. The number of halogens is 2. The molecule has 0 spiro atoms. The zero-order valence-corrected chi connectivity index (χ0v) is 27.6. The summed E-state index contributed by atoms with van der Waals surface area (Å²) in [5, 5.41) is 4.51. The Morgan fingerprint density at radius 2 is 1.47 bits per heavy atom. The number of benzene rings is 4. The van der Waals surface area contributed by atoms with Crippen LogP contribution < -0.4 is 18.8 Å². The summed E-state index contributed by atoms with van der Waals surface area (Å²) in [4.78, 5) is 0. The van der Waals surface area contributed by atoms with Crippen LogP contribution in [0, 0.1) is 0 Å². The minimum atomic E-state index is -3.88. The standard InChI is InChI=1S/C19H21Si.C12H9Si.2ClH.Zr/c1-14-12-16-10-11-18(20(2,3)4)19(17(16)13-14)15-8-6-5-7-9-15;1-3-7-11-9(5-1)10-6-2-4-8-12(10)13-11;;;/h5-13H,1-4H3;1-7H,13H2;2*1H;/q;;;;+2/p-2. The summed E-state index contributed by atoms with van der Waals surface area (Å²) in [7, 11) is 13.2. The van der Waals surface area contributed by atoms with Crippen LogP contribution in [0.15, 0.2) is 90.5 Å². The molecule has 0 radical (unpaired) electrons. The van der Waals surface area contributed by atoms with Crippen LogP contribution in [0.25, 0.3) is 28.3 Å². The molecule has 0 aromatic heterocycles. The molecule has 2 aliphatic rings. The summed E-state index contributed by atoms with van der Waals surface area (Å²) in [5.41, 5.74) is 9.46. The summed E-state index contributed by atoms with van der Waals surface area (Å²) in [6, 6.07) is 31.2. The summed E-state index contributed by atoms with van der Waals surface area (Å²) >= 11 is -3.88. The summed E-state index contributed by atoms with van der Waals surface area (Å²) in [6.07, 6.45) is 2.40. The monoisotopic (exact) mass is 618 g/mol. The minimum absolute atomic E-state index is 0.125. The molecule has 6 rings (SSSR count). The van der Waals surface area contributed by atoms with E-state index in [2.05, 4.69) is 118 Å². The third kappa shape index (κ3) is 3.94. The van der Waals surface area contributed by atoms with Crippen LogP contribution in [0.3, 0.4) is 0 Å². The zero-order chi connectivity index (χ0) is 25.2. The Morgan fingerprint density at radius 1 is 0.778 bits per heavy atom. The molecular weight excluding hydrogens is 591 g/mol. The van der Waals surface area contributed by atoms with Gasteiger partial charge in [0.05, 0.1) is 0 Å². The first-order valence-electron chi connectivity index (χ1n) is 12.7. The van der Waals surface area contributed by atoms with Crippen LogP contribution >= 0.6 is 17.0 Å². The second-order valence-corrected chi connectivity index (χ2v) is 32.1. The molecule has 0 bridgehead atoms. The first-order valence-corrected chi connectivity index (χ1v) is 26.6. The van der Waals surface area contributed by atoms with E-state index in [9.17, 15) is 0 Å². The number of allylic oxidation sites excluding steroid dienone is 1. The van der Waals surface area contributed by atoms with Crippen molar-refractivity contribution in [2.24, 2.45) is 0 Å². The van der Waals surface area contributed by atoms with E-state index < -0.39 is 35.5 Å². The first kappa shape index (κ1) is 24.8. The molecular formula is C31H30Cl2Si2Zr. The van der Waals surface area contributed by atoms with Gasteiger partial charge in [-0.3, -0.25) is 0 Å². The van der Waals surface area contributed by atoms with E-state index in [1.54, 1.807) is 0 Å². The Kier molecular flexibility index (Phi) is 6.25. The summed E-state index contributed by atoms with van der Waals surface area (Å²) in [6.45, 7) is 9.56. The van der Waals surface area contributed by atoms with Gasteiger partial charge in [0.25, 0.3) is 0 Å². The van der Waals surface area contributed by atoms with Gasteiger partial charge in [0.15, 0.2) is 0 Å². The van der Waals surface area contributed by atoms with Crippen LogP contribution in [-0.2, 0) is 17.9 Å². The molecule has 1 heterocycles. The van der Waals surface area contributed by atoms with Gasteiger partial charge in [-0.1, -0.05) is 0 Å². The van der Waals surface area contributed by atoms with Crippen molar-refractivity contribution in [3.8, 4) is 22.3 Å². The van der Waals surface area contributed by atoms with Gasteiger partial charge in [-0.2, -0.15) is 0 Å². The van der Waals surface area contributed by atoms with Gasteiger partial charge in [0.2, 0.25) is 0 Å². The molecule has 1 aliphatic heterocycles. The van der Waals surface area contributed by atoms with Gasteiger partial charge in [0.1, 0.15) is 0 Å². The van der Waals surface area contributed by atoms with Crippen LogP contribution in [-0.4, -0.2) is 17.6 Å². The van der Waals surface area contributed by atoms with Crippen molar-refractivity contribution in [3.63, 3.8) is 0 Å². The van der Waals surface area contributed by atoms with E-state index in [1.165, 1.54) is 57.8 Å². The molecule has 36 heavy (non-hydrogen) atoms. The molecule has 0 saturated carbocycles. The molecule has 4 aromatic rings. The number of hydrogen-bond donors (Lipinski definition) is 0. The van der Waals surface area contributed by atoms with Crippen LogP contribution in [0.2, 0.25) is 19.6 Å². The van der Waals surface area contributed by atoms with Gasteiger partial charge in [-0.25, -0.2) is 0 Å². The van der Waals surface area contributed by atoms with Gasteiger partial charge < -0.3 is 0 Å². The SMILES string of the molecule is CC1=Cc2c(ccc([Si](C)(C)C)c2-c2ccccc2)[CH]1[Zr]([Cl])([Cl])[c]1cccc2c1[SiH2]c1ccccc1-2. The van der Waals surface area contributed by atoms with E-state index >= 15 is 0 Å². The van der Waals surface area contributed by atoms with Gasteiger partial charge in [-0.05, 0) is 0 Å². The van der Waals surface area contributed by atoms with Gasteiger partial charge in [-0.15, -0.1) is 0 Å². The Bertz CT molecular complexity index is 1530. The molecule has 0 fully saturated rings.